The Bertz CT molecular complexity index is 1200. The molecular formula is C24H27FN2O4S2. The van der Waals surface area contributed by atoms with E-state index >= 15 is 0 Å². The molecule has 0 aliphatic rings. The van der Waals surface area contributed by atoms with E-state index in [0.717, 1.165) is 23.0 Å². The summed E-state index contributed by atoms with van der Waals surface area (Å²) in [5.41, 5.74) is 0.801. The van der Waals surface area contributed by atoms with E-state index in [-0.39, 0.29) is 17.3 Å². The third-order valence-electron chi connectivity index (χ3n) is 4.57. The zero-order chi connectivity index (χ0) is 24.1. The normalized spacial score (nSPS) is 12.7. The number of halogens is 1. The fraction of sp³-hybridized carbons (Fsp3) is 0.333. The molecule has 33 heavy (non-hydrogen) atoms. The highest BCUT2D eigenvalue weighted by Crippen LogP contribution is 2.29. The van der Waals surface area contributed by atoms with Crippen LogP contribution in [0.15, 0.2) is 70.2 Å². The number of sulfone groups is 1. The van der Waals surface area contributed by atoms with Gasteiger partial charge in [0.25, 0.3) is 9.84 Å². The molecule has 0 fully saturated rings. The van der Waals surface area contributed by atoms with Crippen LogP contribution in [-0.4, -0.2) is 36.5 Å². The fourth-order valence-corrected chi connectivity index (χ4v) is 5.39. The maximum atomic E-state index is 14.6. The summed E-state index contributed by atoms with van der Waals surface area (Å²) >= 11 is 0.938. The zero-order valence-electron chi connectivity index (χ0n) is 18.8. The number of amides is 1. The number of nitrogens with zero attached hydrogens (tertiary/aromatic N) is 2. The van der Waals surface area contributed by atoms with Gasteiger partial charge in [-0.25, -0.2) is 18.2 Å². The van der Waals surface area contributed by atoms with Crippen LogP contribution in [0.4, 0.5) is 9.18 Å². The molecule has 2 aromatic carbocycles. The summed E-state index contributed by atoms with van der Waals surface area (Å²) in [4.78, 5) is 18.2. The fourth-order valence-electron chi connectivity index (χ4n) is 3.02. The van der Waals surface area contributed by atoms with Crippen LogP contribution in [0.1, 0.15) is 39.2 Å². The van der Waals surface area contributed by atoms with Gasteiger partial charge < -0.3 is 9.64 Å². The number of ether oxygens (including phenoxy) is 1. The lowest BCUT2D eigenvalue weighted by molar-refractivity contribution is 0.0232. The molecule has 9 heteroatoms. The molecule has 1 aromatic heterocycles. The van der Waals surface area contributed by atoms with Crippen LogP contribution in [-0.2, 0) is 21.1 Å². The van der Waals surface area contributed by atoms with Crippen molar-refractivity contribution >= 4 is 37.5 Å². The second kappa shape index (κ2) is 10.4. The van der Waals surface area contributed by atoms with E-state index in [1.165, 1.54) is 4.90 Å². The molecule has 0 bridgehead atoms. The third kappa shape index (κ3) is 6.85. The van der Waals surface area contributed by atoms with Gasteiger partial charge in [0, 0.05) is 13.1 Å². The number of hydrogen-bond donors (Lipinski definition) is 0. The molecule has 0 aliphatic heterocycles. The Hall–Kier alpha value is -2.78. The first kappa shape index (κ1) is 24.9. The van der Waals surface area contributed by atoms with E-state index in [4.69, 9.17) is 4.74 Å². The summed E-state index contributed by atoms with van der Waals surface area (Å²) in [6, 6.07) is 16.4. The molecule has 0 atom stereocenters. The van der Waals surface area contributed by atoms with Gasteiger partial charge >= 0.3 is 6.09 Å². The number of rotatable bonds is 8. The molecule has 1 amide bonds. The van der Waals surface area contributed by atoms with Crippen molar-refractivity contribution in [1.82, 2.24) is 9.88 Å². The monoisotopic (exact) mass is 490 g/mol. The molecule has 3 aromatic rings. The second-order valence-corrected chi connectivity index (χ2v) is 11.6. The summed E-state index contributed by atoms with van der Waals surface area (Å²) in [5.74, 6) is 0. The average molecular weight is 491 g/mol. The van der Waals surface area contributed by atoms with E-state index in [0.29, 0.717) is 23.2 Å². The van der Waals surface area contributed by atoms with Crippen molar-refractivity contribution in [2.45, 2.75) is 50.1 Å². The van der Waals surface area contributed by atoms with Gasteiger partial charge in [-0.2, -0.15) is 4.39 Å². The molecular weight excluding hydrogens is 463 g/mol. The van der Waals surface area contributed by atoms with E-state index in [2.05, 4.69) is 4.98 Å². The number of hydrogen-bond acceptors (Lipinski definition) is 6. The Balaban J connectivity index is 1.66. The molecule has 0 aliphatic carbocycles. The highest BCUT2D eigenvalue weighted by atomic mass is 32.2. The number of para-hydroxylation sites is 1. The Morgan fingerprint density at radius 1 is 1.12 bits per heavy atom. The van der Waals surface area contributed by atoms with Crippen molar-refractivity contribution in [3.05, 3.63) is 71.4 Å². The van der Waals surface area contributed by atoms with E-state index in [9.17, 15) is 17.6 Å². The highest BCUT2D eigenvalue weighted by molar-refractivity contribution is 7.96. The minimum atomic E-state index is -4.29. The van der Waals surface area contributed by atoms with Gasteiger partial charge in [0.1, 0.15) is 5.60 Å². The molecule has 0 radical (unpaired) electrons. The predicted molar refractivity (Wildman–Crippen MR) is 128 cm³/mol. The lowest BCUT2D eigenvalue weighted by Crippen LogP contribution is -2.37. The van der Waals surface area contributed by atoms with Gasteiger partial charge in [0.05, 0.1) is 10.2 Å². The largest absolute Gasteiger partial charge is 0.444 e. The first-order valence-corrected chi connectivity index (χ1v) is 12.8. The number of benzene rings is 2. The molecule has 6 nitrogen and oxygen atoms in total. The number of aromatic nitrogens is 1. The second-order valence-electron chi connectivity index (χ2n) is 8.49. The van der Waals surface area contributed by atoms with Crippen molar-refractivity contribution < 1.29 is 22.3 Å². The average Bonchev–Trinajstić information content (AvgIpc) is 3.20. The summed E-state index contributed by atoms with van der Waals surface area (Å²) in [6.07, 6.45) is 1.08. The van der Waals surface area contributed by atoms with Crippen molar-refractivity contribution in [2.24, 2.45) is 0 Å². The Morgan fingerprint density at radius 2 is 1.79 bits per heavy atom. The van der Waals surface area contributed by atoms with E-state index in [1.807, 2.05) is 30.3 Å². The molecule has 0 saturated heterocycles. The Labute approximate surface area is 197 Å². The maximum Gasteiger partial charge on any atom is 0.410 e. The Morgan fingerprint density at radius 3 is 2.45 bits per heavy atom. The molecule has 0 saturated carbocycles. The van der Waals surface area contributed by atoms with Crippen LogP contribution in [0, 0.1) is 0 Å². The van der Waals surface area contributed by atoms with E-state index in [1.54, 1.807) is 45.0 Å². The molecule has 0 spiro atoms. The van der Waals surface area contributed by atoms with Gasteiger partial charge in [0.2, 0.25) is 9.50 Å². The first-order valence-electron chi connectivity index (χ1n) is 10.5. The molecule has 0 unspecified atom stereocenters. The number of thiazole rings is 1. The summed E-state index contributed by atoms with van der Waals surface area (Å²) in [5, 5.41) is -1.23. The first-order chi connectivity index (χ1) is 15.6. The van der Waals surface area contributed by atoms with Crippen molar-refractivity contribution in [3.63, 3.8) is 0 Å². The zero-order valence-corrected chi connectivity index (χ0v) is 20.5. The molecule has 3 rings (SSSR count). The minimum absolute atomic E-state index is 0.143. The van der Waals surface area contributed by atoms with Gasteiger partial charge in [-0.15, -0.1) is 11.3 Å². The third-order valence-corrected chi connectivity index (χ3v) is 7.54. The van der Waals surface area contributed by atoms with Crippen LogP contribution < -0.4 is 0 Å². The Kier molecular flexibility index (Phi) is 7.86. The lowest BCUT2D eigenvalue weighted by atomic mass is 10.2. The summed E-state index contributed by atoms with van der Waals surface area (Å²) < 4.78 is 45.6. The van der Waals surface area contributed by atoms with E-state index < -0.39 is 26.7 Å². The molecule has 0 N–H and O–H groups in total. The summed E-state index contributed by atoms with van der Waals surface area (Å²) in [6.45, 7) is 5.99. The van der Waals surface area contributed by atoms with Gasteiger partial charge in [0.15, 0.2) is 0 Å². The number of carbonyl (C=O) groups excluding carboxylic acids is 1. The maximum absolute atomic E-state index is 14.6. The smallest absolute Gasteiger partial charge is 0.410 e. The standard InChI is InChI=1S/C24H27FN2O4S2/c1-24(2,3)31-23(28)27(17-18-11-5-4-6-12-18)16-10-9-15-21(25)33(29,30)22-26-19-13-7-8-14-20(19)32-22/h4-8,11-15H,9-10,16-17H2,1-3H3/b21-15+. The highest BCUT2D eigenvalue weighted by Gasteiger charge is 2.25. The quantitative estimate of drug-likeness (QED) is 0.357. The van der Waals surface area contributed by atoms with Crippen molar-refractivity contribution in [3.8, 4) is 0 Å². The van der Waals surface area contributed by atoms with Gasteiger partial charge in [-0.05, 0) is 57.4 Å². The van der Waals surface area contributed by atoms with Gasteiger partial charge in [-0.1, -0.05) is 42.5 Å². The number of allylic oxidation sites excluding steroid dienone is 1. The number of carbonyl (C=O) groups is 1. The number of unbranched alkanes of at least 4 members (excludes halogenated alkanes) is 1. The van der Waals surface area contributed by atoms with Crippen molar-refractivity contribution in [1.29, 1.82) is 0 Å². The van der Waals surface area contributed by atoms with Crippen LogP contribution in [0.5, 0.6) is 0 Å². The van der Waals surface area contributed by atoms with Crippen molar-refractivity contribution in [2.75, 3.05) is 6.54 Å². The molecule has 176 valence electrons. The minimum Gasteiger partial charge on any atom is -0.444 e. The topological polar surface area (TPSA) is 76.6 Å². The van der Waals surface area contributed by atoms with Gasteiger partial charge in [-0.3, -0.25) is 0 Å². The predicted octanol–water partition coefficient (Wildman–Crippen LogP) is 6.10. The number of fused-ring (bicyclic) bond motifs is 1. The van der Waals surface area contributed by atoms with Crippen LogP contribution in [0.25, 0.3) is 10.2 Å². The van der Waals surface area contributed by atoms with Crippen LogP contribution in [0.3, 0.4) is 0 Å². The van der Waals surface area contributed by atoms with Crippen LogP contribution >= 0.6 is 11.3 Å². The SMILES string of the molecule is CC(C)(C)OC(=O)N(CCC/C=C(\F)S(=O)(=O)c1nc2ccccc2s1)Cc1ccccc1. The molecule has 1 heterocycles. The van der Waals surface area contributed by atoms with Crippen LogP contribution in [0.2, 0.25) is 0 Å². The summed E-state index contributed by atoms with van der Waals surface area (Å²) in [7, 11) is -4.29. The lowest BCUT2D eigenvalue weighted by Gasteiger charge is -2.27.